The normalized spacial score (nSPS) is 16.2. The molecule has 0 aliphatic carbocycles. The molecule has 1 aliphatic rings. The van der Waals surface area contributed by atoms with Gasteiger partial charge in [-0.25, -0.2) is 17.8 Å². The summed E-state index contributed by atoms with van der Waals surface area (Å²) in [5.74, 6) is -0.902. The first kappa shape index (κ1) is 36.1. The molecule has 2 heterocycles. The number of rotatable bonds is 8. The van der Waals surface area contributed by atoms with Crippen molar-refractivity contribution in [3.05, 3.63) is 76.7 Å². The predicted octanol–water partition coefficient (Wildman–Crippen LogP) is 7.03. The number of benzene rings is 2. The van der Waals surface area contributed by atoms with Gasteiger partial charge in [0.25, 0.3) is 0 Å². The number of nitrogens with zero attached hydrogens (tertiary/aromatic N) is 4. The van der Waals surface area contributed by atoms with E-state index in [-0.39, 0.29) is 24.3 Å². The van der Waals surface area contributed by atoms with Gasteiger partial charge in [0.15, 0.2) is 0 Å². The first-order chi connectivity index (χ1) is 21.5. The number of carbonyl (C=O) groups excluding carboxylic acids is 1. The Bertz CT molecular complexity index is 1740. The van der Waals surface area contributed by atoms with Crippen molar-refractivity contribution in [3.8, 4) is 11.1 Å². The first-order valence-electron chi connectivity index (χ1n) is 14.6. The maximum atomic E-state index is 14.1. The number of hydrogen-bond acceptors (Lipinski definition) is 5. The van der Waals surface area contributed by atoms with E-state index in [0.717, 1.165) is 11.2 Å². The molecule has 4 rings (SSSR count). The second-order valence-corrected chi connectivity index (χ2v) is 14.1. The average molecular weight is 689 g/mol. The van der Waals surface area contributed by atoms with E-state index < -0.39 is 56.2 Å². The Labute approximate surface area is 269 Å². The van der Waals surface area contributed by atoms with Crippen molar-refractivity contribution in [1.82, 2.24) is 9.29 Å². The second kappa shape index (κ2) is 12.7. The van der Waals surface area contributed by atoms with Crippen LogP contribution in [0.5, 0.6) is 0 Å². The van der Waals surface area contributed by atoms with E-state index in [4.69, 9.17) is 0 Å². The largest absolute Gasteiger partial charge is 0.416 e. The third kappa shape index (κ3) is 7.56. The van der Waals surface area contributed by atoms with E-state index in [1.54, 1.807) is 19.9 Å². The predicted molar refractivity (Wildman–Crippen MR) is 165 cm³/mol. The molecular formula is C32H35F7N4O3S. The Hall–Kier alpha value is -3.72. The Morgan fingerprint density at radius 1 is 0.957 bits per heavy atom. The number of halogens is 7. The molecule has 1 aliphatic heterocycles. The van der Waals surface area contributed by atoms with Crippen molar-refractivity contribution in [1.29, 1.82) is 0 Å². The molecule has 0 N–H and O–H groups in total. The molecule has 1 aromatic heterocycles. The highest BCUT2D eigenvalue weighted by atomic mass is 32.2. The topological polar surface area (TPSA) is 73.8 Å². The second-order valence-electron chi connectivity index (χ2n) is 12.2. The summed E-state index contributed by atoms with van der Waals surface area (Å²) in [4.78, 5) is 21.5. The van der Waals surface area contributed by atoms with Crippen LogP contribution in [0.2, 0.25) is 0 Å². The molecule has 0 radical (unpaired) electrons. The molecule has 256 valence electrons. The van der Waals surface area contributed by atoms with Crippen molar-refractivity contribution in [3.63, 3.8) is 0 Å². The van der Waals surface area contributed by atoms with Crippen molar-refractivity contribution < 1.29 is 43.9 Å². The van der Waals surface area contributed by atoms with Crippen LogP contribution < -0.4 is 9.80 Å². The lowest BCUT2D eigenvalue weighted by molar-refractivity contribution is -0.143. The van der Waals surface area contributed by atoms with Crippen LogP contribution in [0.25, 0.3) is 11.1 Å². The fraction of sp³-hybridized carbons (Fsp3) is 0.438. The number of anilines is 2. The number of hydrogen-bond donors (Lipinski definition) is 0. The standard InChI is InChI=1S/C32H35F7N4O3S/c1-7-43(47(6,45)46)24-10-11-42(18-24)28-16-26(25-9-8-23(33)12-19(25)2)27(17-40-28)41(5)29(44)30(3,4)20-13-21(31(34,35)36)15-22(14-20)32(37,38)39/h8-9,12-17,24H,7,10-11,18H2,1-6H3/t24-/m0/s1. The lowest BCUT2D eigenvalue weighted by Gasteiger charge is -2.32. The molecule has 3 aromatic rings. The minimum atomic E-state index is -5.10. The SMILES string of the molecule is CCN([C@H]1CCN(c2cc(-c3ccc(F)cc3C)c(N(C)C(=O)C(C)(C)c3cc(C(F)(F)F)cc(C(F)(F)F)c3)cn2)C1)S(C)(=O)=O. The fourth-order valence-electron chi connectivity index (χ4n) is 5.94. The van der Waals surface area contributed by atoms with E-state index >= 15 is 0 Å². The van der Waals surface area contributed by atoms with Gasteiger partial charge in [-0.15, -0.1) is 0 Å². The summed E-state index contributed by atoms with van der Waals surface area (Å²) >= 11 is 0. The van der Waals surface area contributed by atoms with Crippen molar-refractivity contribution in [2.45, 2.75) is 57.9 Å². The molecule has 1 amide bonds. The van der Waals surface area contributed by atoms with Gasteiger partial charge in [-0.1, -0.05) is 13.0 Å². The maximum absolute atomic E-state index is 14.1. The van der Waals surface area contributed by atoms with E-state index in [1.165, 1.54) is 49.6 Å². The molecule has 47 heavy (non-hydrogen) atoms. The minimum absolute atomic E-state index is 0.00436. The molecular weight excluding hydrogens is 653 g/mol. The van der Waals surface area contributed by atoms with E-state index in [1.807, 2.05) is 4.90 Å². The smallest absolute Gasteiger partial charge is 0.355 e. The highest BCUT2D eigenvalue weighted by molar-refractivity contribution is 7.88. The third-order valence-electron chi connectivity index (χ3n) is 8.49. The van der Waals surface area contributed by atoms with Gasteiger partial charge in [0, 0.05) is 38.3 Å². The molecule has 15 heteroatoms. The van der Waals surface area contributed by atoms with Gasteiger partial charge < -0.3 is 9.80 Å². The molecule has 0 saturated carbocycles. The number of sulfonamides is 1. The molecule has 1 fully saturated rings. The van der Waals surface area contributed by atoms with Crippen LogP contribution in [0, 0.1) is 12.7 Å². The quantitative estimate of drug-likeness (QED) is 0.238. The summed E-state index contributed by atoms with van der Waals surface area (Å²) in [5, 5.41) is 0. The zero-order valence-corrected chi connectivity index (χ0v) is 27.4. The van der Waals surface area contributed by atoms with Crippen molar-refractivity contribution in [2.24, 2.45) is 0 Å². The zero-order chi connectivity index (χ0) is 35.3. The summed E-state index contributed by atoms with van der Waals surface area (Å²) < 4.78 is 122. The lowest BCUT2D eigenvalue weighted by atomic mass is 9.81. The van der Waals surface area contributed by atoms with Crippen molar-refractivity contribution in [2.75, 3.05) is 42.7 Å². The van der Waals surface area contributed by atoms with Crippen molar-refractivity contribution >= 4 is 27.4 Å². The highest BCUT2D eigenvalue weighted by Gasteiger charge is 2.41. The molecule has 0 unspecified atom stereocenters. The molecule has 1 atom stereocenters. The van der Waals surface area contributed by atoms with Crippen LogP contribution >= 0.6 is 0 Å². The summed E-state index contributed by atoms with van der Waals surface area (Å²) in [5.41, 5.74) is -3.88. The number of pyridine rings is 1. The number of likely N-dealkylation sites (N-methyl/N-ethyl adjacent to an activating group) is 2. The molecule has 0 bridgehead atoms. The highest BCUT2D eigenvalue weighted by Crippen LogP contribution is 2.41. The fourth-order valence-corrected chi connectivity index (χ4v) is 7.12. The number of aromatic nitrogens is 1. The molecule has 1 saturated heterocycles. The number of alkyl halides is 6. The lowest BCUT2D eigenvalue weighted by Crippen LogP contribution is -2.42. The number of carbonyl (C=O) groups is 1. The van der Waals surface area contributed by atoms with Crippen LogP contribution in [-0.2, 0) is 32.6 Å². The van der Waals surface area contributed by atoms with Gasteiger partial charge in [0.1, 0.15) is 11.6 Å². The van der Waals surface area contributed by atoms with Crippen LogP contribution in [0.3, 0.4) is 0 Å². The Morgan fingerprint density at radius 3 is 2.04 bits per heavy atom. The van der Waals surface area contributed by atoms with E-state index in [9.17, 15) is 43.9 Å². The van der Waals surface area contributed by atoms with E-state index in [0.29, 0.717) is 54.2 Å². The van der Waals surface area contributed by atoms with Gasteiger partial charge in [0.2, 0.25) is 15.9 Å². The van der Waals surface area contributed by atoms with Crippen LogP contribution in [-0.4, -0.2) is 62.6 Å². The minimum Gasteiger partial charge on any atom is -0.355 e. The van der Waals surface area contributed by atoms with Gasteiger partial charge in [-0.3, -0.25) is 4.79 Å². The summed E-state index contributed by atoms with van der Waals surface area (Å²) in [6.45, 7) is 6.92. The van der Waals surface area contributed by atoms with E-state index in [2.05, 4.69) is 4.98 Å². The van der Waals surface area contributed by atoms with Gasteiger partial charge in [-0.2, -0.15) is 30.6 Å². The first-order valence-corrected chi connectivity index (χ1v) is 16.5. The van der Waals surface area contributed by atoms with Crippen LogP contribution in [0.15, 0.2) is 48.7 Å². The summed E-state index contributed by atoms with van der Waals surface area (Å²) in [7, 11) is -2.14. The Kier molecular flexibility index (Phi) is 9.77. The third-order valence-corrected chi connectivity index (χ3v) is 9.90. The number of amides is 1. The maximum Gasteiger partial charge on any atom is 0.416 e. The summed E-state index contributed by atoms with van der Waals surface area (Å²) in [6, 6.07) is 6.41. The Morgan fingerprint density at radius 2 is 1.53 bits per heavy atom. The van der Waals surface area contributed by atoms with Crippen LogP contribution in [0.1, 0.15) is 49.4 Å². The van der Waals surface area contributed by atoms with Crippen LogP contribution in [0.4, 0.5) is 42.2 Å². The van der Waals surface area contributed by atoms with Gasteiger partial charge in [-0.05, 0) is 80.3 Å². The molecule has 7 nitrogen and oxygen atoms in total. The average Bonchev–Trinajstić information content (AvgIpc) is 3.44. The molecule has 0 spiro atoms. The monoisotopic (exact) mass is 688 g/mol. The molecule has 2 aromatic carbocycles. The zero-order valence-electron chi connectivity index (χ0n) is 26.6. The van der Waals surface area contributed by atoms with Gasteiger partial charge in [0.05, 0.1) is 34.7 Å². The summed E-state index contributed by atoms with van der Waals surface area (Å²) in [6.07, 6.45) is -7.18. The Balaban J connectivity index is 1.79. The number of aryl methyl sites for hydroxylation is 1. The van der Waals surface area contributed by atoms with Gasteiger partial charge >= 0.3 is 12.4 Å².